The molecule has 3 rings (SSSR count). The van der Waals surface area contributed by atoms with Crippen LogP contribution in [-0.2, 0) is 0 Å². The van der Waals surface area contributed by atoms with Crippen LogP contribution in [0.1, 0.15) is 28.9 Å². The molecule has 6 heteroatoms. The van der Waals surface area contributed by atoms with Crippen molar-refractivity contribution in [1.82, 2.24) is 20.3 Å². The molecule has 3 aromatic rings. The number of nitrogens with zero attached hydrogens (tertiary/aromatic N) is 2. The molecule has 3 aromatic heterocycles. The summed E-state index contributed by atoms with van der Waals surface area (Å²) in [5.74, 6) is -0.141. The van der Waals surface area contributed by atoms with Crippen LogP contribution in [0.15, 0.2) is 47.5 Å². The van der Waals surface area contributed by atoms with Crippen LogP contribution < -0.4 is 5.32 Å². The van der Waals surface area contributed by atoms with Gasteiger partial charge in [-0.2, -0.15) is 0 Å². The Labute approximate surface area is 129 Å². The van der Waals surface area contributed by atoms with Gasteiger partial charge in [0.2, 0.25) is 0 Å². The van der Waals surface area contributed by atoms with Crippen molar-refractivity contribution in [3.05, 3.63) is 58.6 Å². The van der Waals surface area contributed by atoms with Crippen LogP contribution in [0.25, 0.3) is 11.0 Å². The lowest BCUT2D eigenvalue weighted by Gasteiger charge is -2.13. The molecule has 0 aliphatic heterocycles. The second-order valence-electron chi connectivity index (χ2n) is 4.73. The van der Waals surface area contributed by atoms with Gasteiger partial charge in [0.25, 0.3) is 5.91 Å². The van der Waals surface area contributed by atoms with Crippen molar-refractivity contribution in [2.75, 3.05) is 0 Å². The lowest BCUT2D eigenvalue weighted by atomic mass is 10.1. The fraction of sp³-hybridized carbons (Fsp3) is 0.133. The number of rotatable bonds is 3. The average Bonchev–Trinajstić information content (AvgIpc) is 2.91. The summed E-state index contributed by atoms with van der Waals surface area (Å²) in [4.78, 5) is 23.7. The third kappa shape index (κ3) is 2.80. The zero-order chi connectivity index (χ0) is 14.8. The minimum Gasteiger partial charge on any atom is -0.345 e. The molecule has 0 bridgehead atoms. The van der Waals surface area contributed by atoms with E-state index in [2.05, 4.69) is 36.2 Å². The predicted octanol–water partition coefficient (Wildman–Crippen LogP) is 3.21. The number of carbonyl (C=O) groups is 1. The van der Waals surface area contributed by atoms with Crippen LogP contribution >= 0.6 is 15.9 Å². The molecule has 0 saturated carbocycles. The van der Waals surface area contributed by atoms with E-state index in [0.29, 0.717) is 11.2 Å². The summed E-state index contributed by atoms with van der Waals surface area (Å²) < 4.78 is 0.837. The van der Waals surface area contributed by atoms with Gasteiger partial charge >= 0.3 is 0 Å². The summed E-state index contributed by atoms with van der Waals surface area (Å²) in [6.07, 6.45) is 6.83. The summed E-state index contributed by atoms with van der Waals surface area (Å²) in [7, 11) is 0. The van der Waals surface area contributed by atoms with E-state index in [1.807, 2.05) is 25.1 Å². The Bertz CT molecular complexity index is 785. The summed E-state index contributed by atoms with van der Waals surface area (Å²) in [5, 5.41) is 3.76. The van der Waals surface area contributed by atoms with Gasteiger partial charge in [0.1, 0.15) is 5.65 Å². The molecular formula is C15H13BrN4O. The number of fused-ring (bicyclic) bond motifs is 1. The van der Waals surface area contributed by atoms with Gasteiger partial charge in [0.05, 0.1) is 11.6 Å². The first-order valence-corrected chi connectivity index (χ1v) is 7.28. The Morgan fingerprint density at radius 2 is 2.29 bits per heavy atom. The SMILES string of the molecule is CC(NC(=O)c1c[nH]c2ncc(Br)cc12)c1cccnc1. The summed E-state index contributed by atoms with van der Waals surface area (Å²) in [6, 6.07) is 5.55. The number of aromatic amines is 1. The quantitative estimate of drug-likeness (QED) is 0.766. The fourth-order valence-corrected chi connectivity index (χ4v) is 2.49. The van der Waals surface area contributed by atoms with E-state index in [1.165, 1.54) is 0 Å². The minimum atomic E-state index is -0.141. The smallest absolute Gasteiger partial charge is 0.253 e. The maximum atomic E-state index is 12.4. The molecule has 0 aliphatic rings. The number of halogens is 1. The number of H-pyrrole nitrogens is 1. The van der Waals surface area contributed by atoms with Gasteiger partial charge < -0.3 is 10.3 Å². The number of hydrogen-bond acceptors (Lipinski definition) is 3. The lowest BCUT2D eigenvalue weighted by molar-refractivity contribution is 0.0941. The Balaban J connectivity index is 1.86. The van der Waals surface area contributed by atoms with Gasteiger partial charge in [-0.1, -0.05) is 6.07 Å². The largest absolute Gasteiger partial charge is 0.345 e. The van der Waals surface area contributed by atoms with Crippen molar-refractivity contribution in [1.29, 1.82) is 0 Å². The first kappa shape index (κ1) is 13.8. The third-order valence-corrected chi connectivity index (χ3v) is 3.71. The van der Waals surface area contributed by atoms with Crippen LogP contribution in [0.3, 0.4) is 0 Å². The Morgan fingerprint density at radius 3 is 3.05 bits per heavy atom. The number of hydrogen-bond donors (Lipinski definition) is 2. The summed E-state index contributed by atoms with van der Waals surface area (Å²) >= 11 is 3.37. The number of amides is 1. The number of aromatic nitrogens is 3. The molecule has 0 aromatic carbocycles. The molecule has 0 aliphatic carbocycles. The summed E-state index contributed by atoms with van der Waals surface area (Å²) in [6.45, 7) is 1.93. The number of pyridine rings is 2. The van der Waals surface area contributed by atoms with E-state index in [0.717, 1.165) is 15.4 Å². The van der Waals surface area contributed by atoms with Crippen molar-refractivity contribution in [2.45, 2.75) is 13.0 Å². The van der Waals surface area contributed by atoms with E-state index in [1.54, 1.807) is 24.8 Å². The maximum Gasteiger partial charge on any atom is 0.253 e. The molecule has 106 valence electrons. The van der Waals surface area contributed by atoms with Crippen LogP contribution in [0.2, 0.25) is 0 Å². The molecule has 0 fully saturated rings. The van der Waals surface area contributed by atoms with Gasteiger partial charge in [-0.25, -0.2) is 4.98 Å². The topological polar surface area (TPSA) is 70.7 Å². The normalized spacial score (nSPS) is 12.3. The first-order valence-electron chi connectivity index (χ1n) is 6.48. The molecule has 0 spiro atoms. The third-order valence-electron chi connectivity index (χ3n) is 3.27. The predicted molar refractivity (Wildman–Crippen MR) is 83.9 cm³/mol. The van der Waals surface area contributed by atoms with Crippen molar-refractivity contribution in [2.24, 2.45) is 0 Å². The number of nitrogens with one attached hydrogen (secondary N) is 2. The van der Waals surface area contributed by atoms with Gasteiger partial charge in [-0.05, 0) is 40.5 Å². The molecule has 1 amide bonds. The van der Waals surface area contributed by atoms with Gasteiger partial charge in [-0.15, -0.1) is 0 Å². The van der Waals surface area contributed by atoms with Crippen LogP contribution in [-0.4, -0.2) is 20.9 Å². The van der Waals surface area contributed by atoms with E-state index in [-0.39, 0.29) is 11.9 Å². The highest BCUT2D eigenvalue weighted by atomic mass is 79.9. The molecule has 2 N–H and O–H groups in total. The van der Waals surface area contributed by atoms with Crippen LogP contribution in [0.5, 0.6) is 0 Å². The molecule has 0 saturated heterocycles. The van der Waals surface area contributed by atoms with Gasteiger partial charge in [0, 0.05) is 34.6 Å². The van der Waals surface area contributed by atoms with Gasteiger partial charge in [-0.3, -0.25) is 9.78 Å². The molecule has 1 unspecified atom stereocenters. The molecule has 5 nitrogen and oxygen atoms in total. The monoisotopic (exact) mass is 344 g/mol. The molecule has 0 radical (unpaired) electrons. The average molecular weight is 345 g/mol. The summed E-state index contributed by atoms with van der Waals surface area (Å²) in [5.41, 5.74) is 2.23. The maximum absolute atomic E-state index is 12.4. The second-order valence-corrected chi connectivity index (χ2v) is 5.65. The van der Waals surface area contributed by atoms with E-state index < -0.39 is 0 Å². The van der Waals surface area contributed by atoms with Gasteiger partial charge in [0.15, 0.2) is 0 Å². The van der Waals surface area contributed by atoms with E-state index >= 15 is 0 Å². The Morgan fingerprint density at radius 1 is 1.43 bits per heavy atom. The van der Waals surface area contributed by atoms with Crippen molar-refractivity contribution < 1.29 is 4.79 Å². The minimum absolute atomic E-state index is 0.115. The zero-order valence-electron chi connectivity index (χ0n) is 11.3. The number of carbonyl (C=O) groups excluding carboxylic acids is 1. The highest BCUT2D eigenvalue weighted by Crippen LogP contribution is 2.21. The lowest BCUT2D eigenvalue weighted by Crippen LogP contribution is -2.26. The standard InChI is InChI=1S/C15H13BrN4O/c1-9(10-3-2-4-17-6-10)20-15(21)13-8-19-14-12(13)5-11(16)7-18-14/h2-9H,1H3,(H,18,19)(H,20,21). The second kappa shape index (κ2) is 5.65. The highest BCUT2D eigenvalue weighted by molar-refractivity contribution is 9.10. The molecule has 3 heterocycles. The van der Waals surface area contributed by atoms with Crippen molar-refractivity contribution in [3.8, 4) is 0 Å². The Hall–Kier alpha value is -2.21. The molecular weight excluding hydrogens is 332 g/mol. The first-order chi connectivity index (χ1) is 10.1. The fourth-order valence-electron chi connectivity index (χ4n) is 2.16. The van der Waals surface area contributed by atoms with Crippen LogP contribution in [0, 0.1) is 0 Å². The molecule has 21 heavy (non-hydrogen) atoms. The highest BCUT2D eigenvalue weighted by Gasteiger charge is 2.16. The molecule has 1 atom stereocenters. The van der Waals surface area contributed by atoms with Crippen molar-refractivity contribution in [3.63, 3.8) is 0 Å². The zero-order valence-corrected chi connectivity index (χ0v) is 12.9. The van der Waals surface area contributed by atoms with Crippen LogP contribution in [0.4, 0.5) is 0 Å². The Kier molecular flexibility index (Phi) is 3.70. The van der Waals surface area contributed by atoms with Crippen molar-refractivity contribution >= 4 is 32.9 Å². The van der Waals surface area contributed by atoms with E-state index in [9.17, 15) is 4.79 Å². The van der Waals surface area contributed by atoms with E-state index in [4.69, 9.17) is 0 Å².